The van der Waals surface area contributed by atoms with Crippen LogP contribution in [0.5, 0.6) is 0 Å². The number of hydrogen-bond acceptors (Lipinski definition) is 1. The van der Waals surface area contributed by atoms with Gasteiger partial charge in [-0.25, -0.2) is 0 Å². The number of alkyl halides is 3. The van der Waals surface area contributed by atoms with Gasteiger partial charge in [0, 0.05) is 16.8 Å². The van der Waals surface area contributed by atoms with Crippen molar-refractivity contribution in [3.8, 4) is 0 Å². The molecule has 0 atom stereocenters. The van der Waals surface area contributed by atoms with Crippen LogP contribution in [0.1, 0.15) is 0 Å². The first-order chi connectivity index (χ1) is 2.56. The molecule has 0 rings (SSSR count). The summed E-state index contributed by atoms with van der Waals surface area (Å²) in [5, 5.41) is 0. The van der Waals surface area contributed by atoms with Crippen molar-refractivity contribution in [2.24, 2.45) is 0 Å². The molecule has 0 heterocycles. The molecule has 0 unspecified atom stereocenters. The maximum Gasteiger partial charge on any atom is 0.458 e. The van der Waals surface area contributed by atoms with Crippen LogP contribution >= 0.6 is 0 Å². The average Bonchev–Trinajstić information content (AvgIpc) is 1.35. The number of rotatable bonds is 0. The van der Waals surface area contributed by atoms with E-state index < -0.39 is 6.18 Å². The fourth-order valence-corrected chi connectivity index (χ4v) is 0. The van der Waals surface area contributed by atoms with Gasteiger partial charge in [0.2, 0.25) is 0 Å². The first kappa shape index (κ1) is 10.1. The Kier molecular flexibility index (Phi) is 4.36. The fraction of sp³-hybridized carbons (Fsp3) is 0.500. The molecule has 7 heavy (non-hydrogen) atoms. The van der Waals surface area contributed by atoms with E-state index >= 15 is 0 Å². The van der Waals surface area contributed by atoms with E-state index in [9.17, 15) is 13.2 Å². The zero-order chi connectivity index (χ0) is 5.21. The van der Waals surface area contributed by atoms with Crippen molar-refractivity contribution in [3.05, 3.63) is 0 Å². The summed E-state index contributed by atoms with van der Waals surface area (Å²) in [6, 6.07) is 0. The van der Waals surface area contributed by atoms with Crippen molar-refractivity contribution in [1.82, 2.24) is 0 Å². The molecule has 0 aliphatic heterocycles. The van der Waals surface area contributed by atoms with E-state index in [4.69, 9.17) is 4.79 Å². The fourth-order valence-electron chi connectivity index (χ4n) is 0. The molecule has 0 aromatic carbocycles. The Morgan fingerprint density at radius 3 is 1.43 bits per heavy atom. The van der Waals surface area contributed by atoms with E-state index in [1.807, 2.05) is 0 Å². The third kappa shape index (κ3) is 10.7. The molecule has 0 N–H and O–H groups in total. The summed E-state index contributed by atoms with van der Waals surface area (Å²) < 4.78 is 31.1. The Hall–Kier alpha value is -0.0335. The molecule has 0 saturated carbocycles. The van der Waals surface area contributed by atoms with Crippen LogP contribution in [0, 0.1) is 0 Å². The average molecular weight is 156 g/mol. The molecule has 1 nitrogen and oxygen atoms in total. The molecular formula is C2CoF3O. The van der Waals surface area contributed by atoms with Crippen LogP contribution in [0.4, 0.5) is 13.2 Å². The quantitative estimate of drug-likeness (QED) is 0.503. The van der Waals surface area contributed by atoms with Crippen molar-refractivity contribution >= 4 is 6.29 Å². The Balaban J connectivity index is 0. The van der Waals surface area contributed by atoms with Crippen LogP contribution in [0.2, 0.25) is 0 Å². The van der Waals surface area contributed by atoms with Crippen molar-refractivity contribution in [2.45, 2.75) is 6.18 Å². The summed E-state index contributed by atoms with van der Waals surface area (Å²) in [4.78, 5) is 8.58. The minimum absolute atomic E-state index is 0. The molecule has 5 heteroatoms. The molecule has 2 radical (unpaired) electrons. The molecule has 0 aromatic heterocycles. The van der Waals surface area contributed by atoms with Crippen molar-refractivity contribution in [2.75, 3.05) is 0 Å². The molecule has 44 valence electrons. The smallest absolute Gasteiger partial charge is 0.280 e. The summed E-state index contributed by atoms with van der Waals surface area (Å²) in [5.74, 6) is 0. The van der Waals surface area contributed by atoms with Gasteiger partial charge in [-0.05, 0) is 0 Å². The van der Waals surface area contributed by atoms with Crippen molar-refractivity contribution in [1.29, 1.82) is 0 Å². The largest absolute Gasteiger partial charge is 0.458 e. The van der Waals surface area contributed by atoms with Crippen molar-refractivity contribution in [3.63, 3.8) is 0 Å². The van der Waals surface area contributed by atoms with E-state index in [-0.39, 0.29) is 23.1 Å². The molecule has 0 fully saturated rings. The molecule has 0 aliphatic carbocycles. The molecule has 0 spiro atoms. The van der Waals surface area contributed by atoms with Gasteiger partial charge in [-0.2, -0.15) is 13.2 Å². The van der Waals surface area contributed by atoms with Crippen LogP contribution in [-0.2, 0) is 21.6 Å². The molecular weight excluding hydrogens is 156 g/mol. The topological polar surface area (TPSA) is 17.1 Å². The van der Waals surface area contributed by atoms with Gasteiger partial charge >= 0.3 is 12.5 Å². The van der Waals surface area contributed by atoms with Gasteiger partial charge in [0.1, 0.15) is 0 Å². The first-order valence-corrected chi connectivity index (χ1v) is 1.02. The van der Waals surface area contributed by atoms with Gasteiger partial charge in [0.15, 0.2) is 0 Å². The van der Waals surface area contributed by atoms with Gasteiger partial charge in [-0.1, -0.05) is 0 Å². The maximum atomic E-state index is 10.4. The van der Waals surface area contributed by atoms with Crippen LogP contribution < -0.4 is 0 Å². The molecule has 0 aliphatic rings. The van der Waals surface area contributed by atoms with Gasteiger partial charge < -0.3 is 0 Å². The summed E-state index contributed by atoms with van der Waals surface area (Å²) >= 11 is 0. The second-order valence-corrected chi connectivity index (χ2v) is 0.600. The van der Waals surface area contributed by atoms with Crippen LogP contribution in [0.3, 0.4) is 0 Å². The van der Waals surface area contributed by atoms with Gasteiger partial charge in [-0.3, -0.25) is 4.79 Å². The van der Waals surface area contributed by atoms with Crippen LogP contribution in [0.25, 0.3) is 0 Å². The first-order valence-electron chi connectivity index (χ1n) is 1.02. The predicted octanol–water partition coefficient (Wildman–Crippen LogP) is 0.656. The molecule has 0 bridgehead atoms. The summed E-state index contributed by atoms with van der Waals surface area (Å²) in [5.41, 5.74) is 0. The van der Waals surface area contributed by atoms with E-state index in [0.717, 1.165) is 0 Å². The van der Waals surface area contributed by atoms with E-state index in [1.165, 1.54) is 0 Å². The zero-order valence-corrected chi connectivity index (χ0v) is 3.92. The standard InChI is InChI=1S/C2F3O.Co/c3-2(4,5)1-6;. The molecule has 0 amide bonds. The van der Waals surface area contributed by atoms with E-state index in [1.54, 1.807) is 0 Å². The third-order valence-electron chi connectivity index (χ3n) is 0.116. The summed E-state index contributed by atoms with van der Waals surface area (Å²) in [6.45, 7) is 0. The summed E-state index contributed by atoms with van der Waals surface area (Å²) in [6.07, 6.45) is -4.91. The minimum atomic E-state index is -4.76. The third-order valence-corrected chi connectivity index (χ3v) is 0.116. The Morgan fingerprint density at radius 2 is 1.43 bits per heavy atom. The second-order valence-electron chi connectivity index (χ2n) is 0.600. The predicted molar refractivity (Wildman–Crippen MR) is 11.7 cm³/mol. The zero-order valence-electron chi connectivity index (χ0n) is 2.88. The maximum absolute atomic E-state index is 10.4. The Labute approximate surface area is 48.1 Å². The number of hydrogen-bond donors (Lipinski definition) is 0. The molecule has 0 saturated heterocycles. The monoisotopic (exact) mass is 156 g/mol. The number of halogens is 3. The molecule has 0 aromatic rings. The number of carbonyl (C=O) groups excluding carboxylic acids is 1. The minimum Gasteiger partial charge on any atom is -0.280 e. The van der Waals surface area contributed by atoms with Crippen molar-refractivity contribution < 1.29 is 34.7 Å². The second kappa shape index (κ2) is 3.03. The van der Waals surface area contributed by atoms with Gasteiger partial charge in [0.05, 0.1) is 0 Å². The Bertz CT molecular complexity index is 58.4. The normalized spacial score (nSPS) is 9.57. The Morgan fingerprint density at radius 1 is 1.29 bits per heavy atom. The van der Waals surface area contributed by atoms with Gasteiger partial charge in [-0.15, -0.1) is 0 Å². The van der Waals surface area contributed by atoms with Gasteiger partial charge in [0.25, 0.3) is 0 Å². The van der Waals surface area contributed by atoms with Crippen LogP contribution in [0.15, 0.2) is 0 Å². The van der Waals surface area contributed by atoms with E-state index in [0.29, 0.717) is 0 Å². The summed E-state index contributed by atoms with van der Waals surface area (Å²) in [7, 11) is 0. The van der Waals surface area contributed by atoms with E-state index in [2.05, 4.69) is 0 Å². The van der Waals surface area contributed by atoms with Crippen LogP contribution in [-0.4, -0.2) is 12.5 Å². The SMILES string of the molecule is O=[C]C(F)(F)F.[Co].